The first-order valence-corrected chi connectivity index (χ1v) is 9.18. The molecule has 2 heterocycles. The molecule has 6 nitrogen and oxygen atoms in total. The summed E-state index contributed by atoms with van der Waals surface area (Å²) in [5, 5.41) is 17.4. The lowest BCUT2D eigenvalue weighted by Gasteiger charge is -2.08. The zero-order valence-electron chi connectivity index (χ0n) is 16.1. The molecule has 0 radical (unpaired) electrons. The minimum absolute atomic E-state index is 0.330. The number of carboxylic acids is 1. The molecular weight excluding hydrogens is 366 g/mol. The molecule has 0 fully saturated rings. The van der Waals surface area contributed by atoms with Crippen LogP contribution in [0, 0.1) is 13.8 Å². The van der Waals surface area contributed by atoms with E-state index < -0.39 is 5.97 Å². The summed E-state index contributed by atoms with van der Waals surface area (Å²) < 4.78 is 5.49. The molecule has 0 spiro atoms. The first kappa shape index (κ1) is 18.6. The van der Waals surface area contributed by atoms with Crippen molar-refractivity contribution >= 4 is 5.97 Å². The van der Waals surface area contributed by atoms with Gasteiger partial charge in [0.2, 0.25) is 11.8 Å². The van der Waals surface area contributed by atoms with E-state index in [1.165, 1.54) is 0 Å². The molecule has 2 aromatic carbocycles. The van der Waals surface area contributed by atoms with Crippen LogP contribution in [0.3, 0.4) is 0 Å². The minimum atomic E-state index is -0.915. The second kappa shape index (κ2) is 7.67. The van der Waals surface area contributed by atoms with Crippen LogP contribution in [0.15, 0.2) is 65.2 Å². The van der Waals surface area contributed by atoms with Gasteiger partial charge in [-0.2, -0.15) is 0 Å². The SMILES string of the molecule is Cc1ccc(Cc2ccc(-c3cccc(-c4nnc(C)o4)c3)nc2)c(C(=O)O)c1. The molecule has 0 saturated carbocycles. The van der Waals surface area contributed by atoms with Crippen molar-refractivity contribution in [2.45, 2.75) is 20.3 Å². The molecule has 0 amide bonds. The number of aromatic carboxylic acids is 1. The fourth-order valence-corrected chi connectivity index (χ4v) is 3.19. The molecule has 0 aliphatic carbocycles. The molecule has 0 aliphatic heterocycles. The fraction of sp³-hybridized carbons (Fsp3) is 0.130. The van der Waals surface area contributed by atoms with E-state index in [1.54, 1.807) is 19.2 Å². The number of benzene rings is 2. The van der Waals surface area contributed by atoms with Gasteiger partial charge >= 0.3 is 5.97 Å². The van der Waals surface area contributed by atoms with Gasteiger partial charge in [0.25, 0.3) is 0 Å². The third-order valence-electron chi connectivity index (χ3n) is 4.65. The summed E-state index contributed by atoms with van der Waals surface area (Å²) >= 11 is 0. The highest BCUT2D eigenvalue weighted by atomic mass is 16.4. The number of carboxylic acid groups (broad SMARTS) is 1. The van der Waals surface area contributed by atoms with E-state index in [1.807, 2.05) is 55.5 Å². The summed E-state index contributed by atoms with van der Waals surface area (Å²) in [6.45, 7) is 3.64. The monoisotopic (exact) mass is 385 g/mol. The normalized spacial score (nSPS) is 10.8. The first-order valence-electron chi connectivity index (χ1n) is 9.18. The maximum atomic E-state index is 11.5. The molecule has 144 valence electrons. The fourth-order valence-electron chi connectivity index (χ4n) is 3.19. The van der Waals surface area contributed by atoms with Gasteiger partial charge in [-0.05, 0) is 48.7 Å². The highest BCUT2D eigenvalue weighted by Gasteiger charge is 2.12. The van der Waals surface area contributed by atoms with Crippen LogP contribution >= 0.6 is 0 Å². The van der Waals surface area contributed by atoms with Crippen LogP contribution in [-0.2, 0) is 6.42 Å². The molecule has 0 atom stereocenters. The summed E-state index contributed by atoms with van der Waals surface area (Å²) in [7, 11) is 0. The van der Waals surface area contributed by atoms with Gasteiger partial charge in [-0.15, -0.1) is 10.2 Å². The molecule has 4 aromatic rings. The minimum Gasteiger partial charge on any atom is -0.478 e. The van der Waals surface area contributed by atoms with Gasteiger partial charge < -0.3 is 9.52 Å². The summed E-state index contributed by atoms with van der Waals surface area (Å²) in [4.78, 5) is 16.1. The zero-order chi connectivity index (χ0) is 20.4. The molecule has 0 unspecified atom stereocenters. The summed E-state index contributed by atoms with van der Waals surface area (Å²) in [5.74, 6) is 0.0765. The molecule has 2 aromatic heterocycles. The van der Waals surface area contributed by atoms with E-state index in [-0.39, 0.29) is 0 Å². The second-order valence-corrected chi connectivity index (χ2v) is 6.90. The lowest BCUT2D eigenvalue weighted by molar-refractivity contribution is 0.0695. The van der Waals surface area contributed by atoms with Gasteiger partial charge in [-0.1, -0.05) is 35.9 Å². The summed E-state index contributed by atoms with van der Waals surface area (Å²) in [6.07, 6.45) is 2.29. The van der Waals surface area contributed by atoms with E-state index in [0.717, 1.165) is 33.5 Å². The average Bonchev–Trinajstić information content (AvgIpc) is 3.16. The molecule has 0 aliphatic rings. The van der Waals surface area contributed by atoms with Crippen molar-refractivity contribution in [1.29, 1.82) is 0 Å². The maximum Gasteiger partial charge on any atom is 0.335 e. The summed E-state index contributed by atoms with van der Waals surface area (Å²) in [6, 6.07) is 17.1. The van der Waals surface area contributed by atoms with Gasteiger partial charge in [0.15, 0.2) is 0 Å². The highest BCUT2D eigenvalue weighted by Crippen LogP contribution is 2.25. The van der Waals surface area contributed by atoms with Gasteiger partial charge in [-0.25, -0.2) is 4.79 Å². The molecule has 0 bridgehead atoms. The van der Waals surface area contributed by atoms with Crippen LogP contribution in [0.4, 0.5) is 0 Å². The van der Waals surface area contributed by atoms with E-state index in [9.17, 15) is 9.90 Å². The van der Waals surface area contributed by atoms with Crippen molar-refractivity contribution in [1.82, 2.24) is 15.2 Å². The van der Waals surface area contributed by atoms with Crippen LogP contribution in [0.5, 0.6) is 0 Å². The first-order chi connectivity index (χ1) is 14.0. The topological polar surface area (TPSA) is 89.1 Å². The molecule has 29 heavy (non-hydrogen) atoms. The average molecular weight is 385 g/mol. The Morgan fingerprint density at radius 3 is 2.52 bits per heavy atom. The van der Waals surface area contributed by atoms with Crippen LogP contribution in [-0.4, -0.2) is 26.3 Å². The Kier molecular flexibility index (Phi) is 4.91. The third-order valence-corrected chi connectivity index (χ3v) is 4.65. The number of aromatic nitrogens is 3. The van der Waals surface area contributed by atoms with E-state index in [0.29, 0.717) is 23.8 Å². The van der Waals surface area contributed by atoms with Crippen molar-refractivity contribution in [3.63, 3.8) is 0 Å². The van der Waals surface area contributed by atoms with Crippen molar-refractivity contribution in [2.75, 3.05) is 0 Å². The quantitative estimate of drug-likeness (QED) is 0.535. The van der Waals surface area contributed by atoms with Gasteiger partial charge in [0.1, 0.15) is 0 Å². The number of carbonyl (C=O) groups is 1. The number of rotatable bonds is 5. The van der Waals surface area contributed by atoms with Crippen LogP contribution in [0.2, 0.25) is 0 Å². The zero-order valence-corrected chi connectivity index (χ0v) is 16.1. The lowest BCUT2D eigenvalue weighted by Crippen LogP contribution is -2.04. The van der Waals surface area contributed by atoms with E-state index in [4.69, 9.17) is 4.42 Å². The number of hydrogen-bond acceptors (Lipinski definition) is 5. The largest absolute Gasteiger partial charge is 0.478 e. The van der Waals surface area contributed by atoms with Crippen LogP contribution in [0.1, 0.15) is 32.9 Å². The Balaban J connectivity index is 1.58. The molecule has 1 N–H and O–H groups in total. The summed E-state index contributed by atoms with van der Waals surface area (Å²) in [5.41, 5.74) is 5.56. The smallest absolute Gasteiger partial charge is 0.335 e. The van der Waals surface area contributed by atoms with Gasteiger partial charge in [0, 0.05) is 24.2 Å². The Morgan fingerprint density at radius 2 is 1.83 bits per heavy atom. The molecular formula is C23H19N3O3. The van der Waals surface area contributed by atoms with Crippen molar-refractivity contribution < 1.29 is 14.3 Å². The van der Waals surface area contributed by atoms with E-state index >= 15 is 0 Å². The highest BCUT2D eigenvalue weighted by molar-refractivity contribution is 5.89. The van der Waals surface area contributed by atoms with E-state index in [2.05, 4.69) is 15.2 Å². The number of pyridine rings is 1. The number of aryl methyl sites for hydroxylation is 2. The Morgan fingerprint density at radius 1 is 1.00 bits per heavy atom. The van der Waals surface area contributed by atoms with Crippen LogP contribution in [0.25, 0.3) is 22.7 Å². The Bertz CT molecular complexity index is 1180. The number of nitrogens with zero attached hydrogens (tertiary/aromatic N) is 3. The van der Waals surface area contributed by atoms with Crippen molar-refractivity contribution in [3.8, 4) is 22.7 Å². The Hall–Kier alpha value is -3.80. The van der Waals surface area contributed by atoms with Gasteiger partial charge in [-0.3, -0.25) is 4.98 Å². The molecule has 6 heteroatoms. The molecule has 0 saturated heterocycles. The predicted molar refractivity (Wildman–Crippen MR) is 109 cm³/mol. The predicted octanol–water partition coefficient (Wildman–Crippen LogP) is 4.70. The van der Waals surface area contributed by atoms with Gasteiger partial charge in [0.05, 0.1) is 11.3 Å². The molecule has 4 rings (SSSR count). The van der Waals surface area contributed by atoms with Crippen LogP contribution < -0.4 is 0 Å². The second-order valence-electron chi connectivity index (χ2n) is 6.90. The van der Waals surface area contributed by atoms with Crippen molar-refractivity contribution in [2.24, 2.45) is 0 Å². The maximum absolute atomic E-state index is 11.5. The number of hydrogen-bond donors (Lipinski definition) is 1. The van der Waals surface area contributed by atoms with Crippen molar-refractivity contribution in [3.05, 3.63) is 88.9 Å². The standard InChI is InChI=1S/C23H19N3O3/c1-14-6-8-17(20(10-14)23(27)28)11-16-7-9-21(24-13-16)18-4-3-5-19(12-18)22-26-25-15(2)29-22/h3-10,12-13H,11H2,1-2H3,(H,27,28). The third kappa shape index (κ3) is 4.06. The lowest BCUT2D eigenvalue weighted by atomic mass is 9.98. The Labute approximate surface area is 167 Å².